The minimum absolute atomic E-state index is 0.530. The summed E-state index contributed by atoms with van der Waals surface area (Å²) in [4.78, 5) is 10.4. The van der Waals surface area contributed by atoms with E-state index >= 15 is 0 Å². The molecule has 0 aliphatic heterocycles. The fourth-order valence-corrected chi connectivity index (χ4v) is 1.96. The summed E-state index contributed by atoms with van der Waals surface area (Å²) >= 11 is 0. The van der Waals surface area contributed by atoms with Gasteiger partial charge in [-0.15, -0.1) is 0 Å². The van der Waals surface area contributed by atoms with E-state index in [1.54, 1.807) is 6.07 Å². The molecule has 2 rings (SSSR count). The van der Waals surface area contributed by atoms with Crippen LogP contribution >= 0.6 is 0 Å². The fourth-order valence-electron chi connectivity index (χ4n) is 1.96. The van der Waals surface area contributed by atoms with Crippen LogP contribution < -0.4 is 0 Å². The van der Waals surface area contributed by atoms with Crippen LogP contribution in [0.3, 0.4) is 0 Å². The van der Waals surface area contributed by atoms with Crippen LogP contribution in [0.4, 0.5) is 0 Å². The minimum Gasteiger partial charge on any atom is -0.296 e. The topological polar surface area (TPSA) is 34.9 Å². The lowest BCUT2D eigenvalue weighted by atomic mass is 9.96. The number of hydrogen-bond acceptors (Lipinski definition) is 2. The van der Waals surface area contributed by atoms with E-state index < -0.39 is 0 Å². The van der Waals surface area contributed by atoms with Crippen LogP contribution in [-0.4, -0.2) is 16.1 Å². The van der Waals surface area contributed by atoms with Crippen LogP contribution in [0.2, 0.25) is 0 Å². The van der Waals surface area contributed by atoms with Gasteiger partial charge in [0.1, 0.15) is 5.69 Å². The first-order valence-corrected chi connectivity index (χ1v) is 4.90. The lowest BCUT2D eigenvalue weighted by molar-refractivity contribution is 0.111. The summed E-state index contributed by atoms with van der Waals surface area (Å²) in [5, 5.41) is 4.20. The highest BCUT2D eigenvalue weighted by molar-refractivity contribution is 5.71. The highest BCUT2D eigenvalue weighted by Crippen LogP contribution is 2.27. The van der Waals surface area contributed by atoms with Gasteiger partial charge in [-0.2, -0.15) is 5.10 Å². The summed E-state index contributed by atoms with van der Waals surface area (Å²) in [5.41, 5.74) is 0.547. The van der Waals surface area contributed by atoms with Crippen molar-refractivity contribution in [2.75, 3.05) is 0 Å². The lowest BCUT2D eigenvalue weighted by Gasteiger charge is -2.21. The van der Waals surface area contributed by atoms with Gasteiger partial charge in [0.25, 0.3) is 0 Å². The SMILES string of the molecule is O=Cc1ccn(C2CCCCC2)n1. The molecule has 0 unspecified atom stereocenters. The molecule has 1 fully saturated rings. The van der Waals surface area contributed by atoms with E-state index in [0.717, 1.165) is 6.29 Å². The largest absolute Gasteiger partial charge is 0.296 e. The van der Waals surface area contributed by atoms with Gasteiger partial charge in [0, 0.05) is 6.20 Å². The van der Waals surface area contributed by atoms with Crippen molar-refractivity contribution in [3.05, 3.63) is 18.0 Å². The van der Waals surface area contributed by atoms with E-state index in [4.69, 9.17) is 0 Å². The van der Waals surface area contributed by atoms with Gasteiger partial charge in [-0.3, -0.25) is 9.48 Å². The molecule has 70 valence electrons. The monoisotopic (exact) mass is 178 g/mol. The van der Waals surface area contributed by atoms with Crippen LogP contribution in [0, 0.1) is 0 Å². The molecule has 0 N–H and O–H groups in total. The van der Waals surface area contributed by atoms with Gasteiger partial charge in [-0.05, 0) is 18.9 Å². The molecule has 0 aromatic carbocycles. The smallest absolute Gasteiger partial charge is 0.170 e. The van der Waals surface area contributed by atoms with Gasteiger partial charge < -0.3 is 0 Å². The number of rotatable bonds is 2. The van der Waals surface area contributed by atoms with Crippen molar-refractivity contribution < 1.29 is 4.79 Å². The van der Waals surface area contributed by atoms with E-state index in [9.17, 15) is 4.79 Å². The Morgan fingerprint density at radius 2 is 2.15 bits per heavy atom. The third-order valence-corrected chi connectivity index (χ3v) is 2.70. The molecule has 13 heavy (non-hydrogen) atoms. The summed E-state index contributed by atoms with van der Waals surface area (Å²) in [6.45, 7) is 0. The van der Waals surface area contributed by atoms with E-state index in [-0.39, 0.29) is 0 Å². The molecule has 0 bridgehead atoms. The van der Waals surface area contributed by atoms with Gasteiger partial charge in [-0.1, -0.05) is 19.3 Å². The van der Waals surface area contributed by atoms with Gasteiger partial charge in [0.15, 0.2) is 6.29 Å². The number of carbonyl (C=O) groups excluding carboxylic acids is 1. The van der Waals surface area contributed by atoms with Crippen LogP contribution in [0.25, 0.3) is 0 Å². The molecule has 3 heteroatoms. The van der Waals surface area contributed by atoms with Gasteiger partial charge in [0.2, 0.25) is 0 Å². The zero-order valence-corrected chi connectivity index (χ0v) is 7.65. The van der Waals surface area contributed by atoms with E-state index in [0.29, 0.717) is 11.7 Å². The summed E-state index contributed by atoms with van der Waals surface area (Å²) in [6, 6.07) is 2.31. The van der Waals surface area contributed by atoms with Crippen molar-refractivity contribution in [2.24, 2.45) is 0 Å². The van der Waals surface area contributed by atoms with Crippen molar-refractivity contribution in [2.45, 2.75) is 38.1 Å². The van der Waals surface area contributed by atoms with Crippen LogP contribution in [0.15, 0.2) is 12.3 Å². The molecule has 0 saturated heterocycles. The second kappa shape index (κ2) is 3.73. The standard InChI is InChI=1S/C10H14N2O/c13-8-9-6-7-12(11-9)10-4-2-1-3-5-10/h6-8,10H,1-5H2. The predicted octanol–water partition coefficient (Wildman–Crippen LogP) is 2.20. The van der Waals surface area contributed by atoms with Crippen molar-refractivity contribution in [3.8, 4) is 0 Å². The Morgan fingerprint density at radius 1 is 1.38 bits per heavy atom. The molecule has 0 atom stereocenters. The maximum absolute atomic E-state index is 10.4. The minimum atomic E-state index is 0.530. The molecular weight excluding hydrogens is 164 g/mol. The number of carbonyl (C=O) groups is 1. The van der Waals surface area contributed by atoms with Gasteiger partial charge in [0.05, 0.1) is 6.04 Å². The third-order valence-electron chi connectivity index (χ3n) is 2.70. The number of nitrogens with zero attached hydrogens (tertiary/aromatic N) is 2. The Morgan fingerprint density at radius 3 is 2.77 bits per heavy atom. The lowest BCUT2D eigenvalue weighted by Crippen LogP contribution is -2.13. The zero-order chi connectivity index (χ0) is 9.10. The van der Waals surface area contributed by atoms with Crippen molar-refractivity contribution in [1.82, 2.24) is 9.78 Å². The zero-order valence-electron chi connectivity index (χ0n) is 7.65. The first-order chi connectivity index (χ1) is 6.40. The Balaban J connectivity index is 2.09. The second-order valence-electron chi connectivity index (χ2n) is 3.63. The first kappa shape index (κ1) is 8.48. The average molecular weight is 178 g/mol. The van der Waals surface area contributed by atoms with Crippen molar-refractivity contribution >= 4 is 6.29 Å². The third kappa shape index (κ3) is 1.79. The summed E-state index contributed by atoms with van der Waals surface area (Å²) in [7, 11) is 0. The molecule has 1 aromatic heterocycles. The molecule has 0 spiro atoms. The summed E-state index contributed by atoms with van der Waals surface area (Å²) < 4.78 is 1.95. The van der Waals surface area contributed by atoms with E-state index in [2.05, 4.69) is 5.10 Å². The quantitative estimate of drug-likeness (QED) is 0.651. The van der Waals surface area contributed by atoms with Crippen LogP contribution in [0.1, 0.15) is 48.6 Å². The van der Waals surface area contributed by atoms with Crippen LogP contribution in [0.5, 0.6) is 0 Å². The number of aldehydes is 1. The number of hydrogen-bond donors (Lipinski definition) is 0. The Bertz CT molecular complexity index is 287. The molecule has 1 aliphatic rings. The molecule has 1 aliphatic carbocycles. The molecule has 3 nitrogen and oxygen atoms in total. The maximum Gasteiger partial charge on any atom is 0.170 e. The van der Waals surface area contributed by atoms with E-state index in [1.165, 1.54) is 32.1 Å². The Hall–Kier alpha value is -1.12. The maximum atomic E-state index is 10.4. The fraction of sp³-hybridized carbons (Fsp3) is 0.600. The molecule has 0 amide bonds. The number of aromatic nitrogens is 2. The molecule has 1 heterocycles. The highest BCUT2D eigenvalue weighted by atomic mass is 16.1. The van der Waals surface area contributed by atoms with Crippen LogP contribution in [-0.2, 0) is 0 Å². The summed E-state index contributed by atoms with van der Waals surface area (Å²) in [6.07, 6.45) is 9.07. The molecule has 1 saturated carbocycles. The Kier molecular flexibility index (Phi) is 2.43. The molecule has 1 aromatic rings. The van der Waals surface area contributed by atoms with E-state index in [1.807, 2.05) is 10.9 Å². The summed E-state index contributed by atoms with van der Waals surface area (Å²) in [5.74, 6) is 0. The normalized spacial score (nSPS) is 18.8. The molecular formula is C10H14N2O. The average Bonchev–Trinajstić information content (AvgIpc) is 2.67. The first-order valence-electron chi connectivity index (χ1n) is 4.90. The molecule has 0 radical (unpaired) electrons. The van der Waals surface area contributed by atoms with Crippen molar-refractivity contribution in [3.63, 3.8) is 0 Å². The second-order valence-corrected chi connectivity index (χ2v) is 3.63. The Labute approximate surface area is 77.7 Å². The van der Waals surface area contributed by atoms with Crippen molar-refractivity contribution in [1.29, 1.82) is 0 Å². The van der Waals surface area contributed by atoms with Gasteiger partial charge >= 0.3 is 0 Å². The van der Waals surface area contributed by atoms with Gasteiger partial charge in [-0.25, -0.2) is 0 Å². The predicted molar refractivity (Wildman–Crippen MR) is 49.7 cm³/mol. The highest BCUT2D eigenvalue weighted by Gasteiger charge is 2.15.